The molecule has 0 aliphatic carbocycles. The Bertz CT molecular complexity index is 872. The van der Waals surface area contributed by atoms with Crippen LogP contribution in [-0.4, -0.2) is 62.3 Å². The van der Waals surface area contributed by atoms with E-state index in [0.29, 0.717) is 31.9 Å². The van der Waals surface area contributed by atoms with E-state index in [-0.39, 0.29) is 11.1 Å². The van der Waals surface area contributed by atoms with Crippen LogP contribution in [0.5, 0.6) is 5.75 Å². The van der Waals surface area contributed by atoms with Crippen LogP contribution in [0.25, 0.3) is 0 Å². The third-order valence-corrected chi connectivity index (χ3v) is 4.44. The molecule has 9 nitrogen and oxygen atoms in total. The van der Waals surface area contributed by atoms with E-state index >= 15 is 0 Å². The number of carboxylic acids is 1. The summed E-state index contributed by atoms with van der Waals surface area (Å²) in [5.41, 5.74) is -0.479. The molecule has 0 saturated carbocycles. The molecule has 0 bridgehead atoms. The maximum Gasteiger partial charge on any atom is 0.488 e. The lowest BCUT2D eigenvalue weighted by Crippen LogP contribution is -2.50. The first kappa shape index (κ1) is 21.7. The second-order valence-electron chi connectivity index (χ2n) is 7.35. The van der Waals surface area contributed by atoms with Gasteiger partial charge in [0, 0.05) is 43.5 Å². The van der Waals surface area contributed by atoms with Crippen molar-refractivity contribution in [3.63, 3.8) is 0 Å². The van der Waals surface area contributed by atoms with Crippen LogP contribution in [0, 0.1) is 6.92 Å². The summed E-state index contributed by atoms with van der Waals surface area (Å²) >= 11 is 0. The van der Waals surface area contributed by atoms with Gasteiger partial charge in [-0.05, 0) is 33.8 Å². The van der Waals surface area contributed by atoms with Crippen molar-refractivity contribution in [1.82, 2.24) is 4.90 Å². The van der Waals surface area contributed by atoms with Crippen LogP contribution in [-0.2, 0) is 15.2 Å². The number of benzene rings is 1. The third kappa shape index (κ3) is 5.72. The van der Waals surface area contributed by atoms with Crippen LogP contribution in [0.15, 0.2) is 12.1 Å². The molecule has 1 fully saturated rings. The summed E-state index contributed by atoms with van der Waals surface area (Å²) in [4.78, 5) is 26.9. The zero-order chi connectivity index (χ0) is 21.3. The molecule has 1 heterocycles. The summed E-state index contributed by atoms with van der Waals surface area (Å²) < 4.78 is 44.3. The molecule has 1 amide bonds. The van der Waals surface area contributed by atoms with E-state index in [2.05, 4.69) is 4.18 Å². The fourth-order valence-corrected chi connectivity index (χ4v) is 3.13. The molecule has 156 valence electrons. The number of aromatic carboxylic acids is 1. The van der Waals surface area contributed by atoms with E-state index in [4.69, 9.17) is 4.74 Å². The molecule has 0 atom stereocenters. The first-order valence-corrected chi connectivity index (χ1v) is 9.82. The van der Waals surface area contributed by atoms with Crippen molar-refractivity contribution >= 4 is 28.3 Å². The number of carboxylic acid groups (broad SMARTS) is 1. The quantitative estimate of drug-likeness (QED) is 0.742. The van der Waals surface area contributed by atoms with E-state index < -0.39 is 33.9 Å². The lowest BCUT2D eigenvalue weighted by molar-refractivity contribution is 0.0240. The maximum absolute atomic E-state index is 13.0. The van der Waals surface area contributed by atoms with Crippen molar-refractivity contribution < 1.29 is 35.9 Å². The van der Waals surface area contributed by atoms with Crippen LogP contribution in [0.2, 0.25) is 0 Å². The monoisotopic (exact) mass is 418 g/mol. The van der Waals surface area contributed by atoms with E-state index in [1.807, 2.05) is 0 Å². The second-order valence-corrected chi connectivity index (χ2v) is 8.31. The molecule has 0 aromatic heterocycles. The highest BCUT2D eigenvalue weighted by Gasteiger charge is 2.27. The summed E-state index contributed by atoms with van der Waals surface area (Å²) in [5.74, 6) is -1.69. The van der Waals surface area contributed by atoms with E-state index in [0.717, 1.165) is 0 Å². The highest BCUT2D eigenvalue weighted by molar-refractivity contribution is 7.81. The SMILES string of the molecule is Cc1c(OS(=O)(=O)F)cc(N2CCN(C(=O)OC(C)(C)C)CC2)cc1C(=O)O. The van der Waals surface area contributed by atoms with Gasteiger partial charge in [-0.1, -0.05) is 3.89 Å². The van der Waals surface area contributed by atoms with Gasteiger partial charge in [0.15, 0.2) is 5.75 Å². The normalized spacial score (nSPS) is 15.3. The highest BCUT2D eigenvalue weighted by Crippen LogP contribution is 2.31. The summed E-state index contributed by atoms with van der Waals surface area (Å²) in [6.07, 6.45) is -0.449. The number of nitrogens with zero attached hydrogens (tertiary/aromatic N) is 2. The highest BCUT2D eigenvalue weighted by atomic mass is 32.3. The van der Waals surface area contributed by atoms with Crippen LogP contribution < -0.4 is 9.08 Å². The van der Waals surface area contributed by atoms with Crippen molar-refractivity contribution in [3.8, 4) is 5.75 Å². The van der Waals surface area contributed by atoms with Crippen molar-refractivity contribution in [2.24, 2.45) is 0 Å². The Labute approximate surface area is 163 Å². The number of anilines is 1. The van der Waals surface area contributed by atoms with E-state index in [1.165, 1.54) is 24.0 Å². The first-order valence-electron chi connectivity index (χ1n) is 8.52. The number of hydrogen-bond acceptors (Lipinski definition) is 7. The third-order valence-electron chi connectivity index (χ3n) is 4.06. The molecule has 1 saturated heterocycles. The molecule has 1 aromatic rings. The molecule has 1 aliphatic rings. The molecule has 0 radical (unpaired) electrons. The largest absolute Gasteiger partial charge is 0.488 e. The molecule has 0 spiro atoms. The molecule has 0 unspecified atom stereocenters. The summed E-state index contributed by atoms with van der Waals surface area (Å²) in [6, 6.07) is 2.63. The van der Waals surface area contributed by atoms with Crippen molar-refractivity contribution in [1.29, 1.82) is 0 Å². The van der Waals surface area contributed by atoms with Crippen LogP contribution in [0.4, 0.5) is 14.4 Å². The van der Waals surface area contributed by atoms with Gasteiger partial charge in [0.25, 0.3) is 0 Å². The number of carbonyl (C=O) groups is 2. The summed E-state index contributed by atoms with van der Waals surface area (Å²) in [7, 11) is -5.31. The summed E-state index contributed by atoms with van der Waals surface area (Å²) in [5, 5.41) is 9.35. The molecule has 1 N–H and O–H groups in total. The Balaban J connectivity index is 2.22. The van der Waals surface area contributed by atoms with Crippen molar-refractivity contribution in [2.75, 3.05) is 31.1 Å². The average Bonchev–Trinajstić information content (AvgIpc) is 2.53. The minimum atomic E-state index is -5.31. The summed E-state index contributed by atoms with van der Waals surface area (Å²) in [6.45, 7) is 7.97. The predicted molar refractivity (Wildman–Crippen MR) is 98.8 cm³/mol. The molecule has 1 aliphatic heterocycles. The maximum atomic E-state index is 13.0. The number of hydrogen-bond donors (Lipinski definition) is 1. The van der Waals surface area contributed by atoms with Gasteiger partial charge in [0.2, 0.25) is 0 Å². The van der Waals surface area contributed by atoms with E-state index in [9.17, 15) is 27.0 Å². The van der Waals surface area contributed by atoms with Gasteiger partial charge in [-0.3, -0.25) is 0 Å². The van der Waals surface area contributed by atoms with Gasteiger partial charge >= 0.3 is 22.6 Å². The Morgan fingerprint density at radius 2 is 1.71 bits per heavy atom. The van der Waals surface area contributed by atoms with Crippen LogP contribution in [0.1, 0.15) is 36.7 Å². The molecular formula is C17H23FN2O7S. The first-order chi connectivity index (χ1) is 12.8. The fraction of sp³-hybridized carbons (Fsp3) is 0.529. The zero-order valence-corrected chi connectivity index (χ0v) is 16.9. The Morgan fingerprint density at radius 3 is 2.18 bits per heavy atom. The van der Waals surface area contributed by atoms with Gasteiger partial charge in [0.1, 0.15) is 5.60 Å². The standard InChI is InChI=1S/C17H23FN2O7S/c1-11-13(15(21)22)9-12(10-14(11)27-28(18,24)25)19-5-7-20(8-6-19)16(23)26-17(2,3)4/h9-10H,5-8H2,1-4H3,(H,21,22). The Hall–Kier alpha value is -2.56. The number of ether oxygens (including phenoxy) is 1. The predicted octanol–water partition coefficient (Wildman–Crippen LogP) is 2.34. The lowest BCUT2D eigenvalue weighted by atomic mass is 10.1. The molecule has 1 aromatic carbocycles. The van der Waals surface area contributed by atoms with Crippen molar-refractivity contribution in [2.45, 2.75) is 33.3 Å². The second kappa shape index (κ2) is 7.82. The molecule has 2 rings (SSSR count). The minimum Gasteiger partial charge on any atom is -0.478 e. The van der Waals surface area contributed by atoms with E-state index in [1.54, 1.807) is 25.7 Å². The molecular weight excluding hydrogens is 395 g/mol. The van der Waals surface area contributed by atoms with Gasteiger partial charge in [0.05, 0.1) is 5.56 Å². The fourth-order valence-electron chi connectivity index (χ4n) is 2.75. The number of halogens is 1. The Kier molecular flexibility index (Phi) is 6.07. The van der Waals surface area contributed by atoms with Gasteiger partial charge in [-0.15, -0.1) is 0 Å². The van der Waals surface area contributed by atoms with Crippen LogP contribution in [0.3, 0.4) is 0 Å². The number of rotatable bonds is 4. The lowest BCUT2D eigenvalue weighted by Gasteiger charge is -2.37. The zero-order valence-electron chi connectivity index (χ0n) is 16.1. The average molecular weight is 418 g/mol. The van der Waals surface area contributed by atoms with Gasteiger partial charge < -0.3 is 23.8 Å². The number of amides is 1. The van der Waals surface area contributed by atoms with Gasteiger partial charge in [-0.25, -0.2) is 9.59 Å². The van der Waals surface area contributed by atoms with Crippen LogP contribution >= 0.6 is 0 Å². The minimum absolute atomic E-state index is 0.00938. The van der Waals surface area contributed by atoms with Crippen molar-refractivity contribution in [3.05, 3.63) is 23.3 Å². The molecule has 11 heteroatoms. The molecule has 28 heavy (non-hydrogen) atoms. The Morgan fingerprint density at radius 1 is 1.14 bits per heavy atom. The smallest absolute Gasteiger partial charge is 0.478 e. The van der Waals surface area contributed by atoms with Gasteiger partial charge in [-0.2, -0.15) is 8.42 Å². The topological polar surface area (TPSA) is 113 Å². The number of piperazine rings is 1. The number of carbonyl (C=O) groups excluding carboxylic acids is 1.